The number of anilines is 1. The van der Waals surface area contributed by atoms with E-state index in [2.05, 4.69) is 57.4 Å². The largest absolute Gasteiger partial charge is 0.369 e. The first kappa shape index (κ1) is 21.5. The molecule has 4 rings (SSSR count). The fourth-order valence-electron chi connectivity index (χ4n) is 3.94. The summed E-state index contributed by atoms with van der Waals surface area (Å²) >= 11 is 1.60. The van der Waals surface area contributed by atoms with Crippen LogP contribution in [0.2, 0.25) is 0 Å². The third kappa shape index (κ3) is 5.11. The van der Waals surface area contributed by atoms with Crippen molar-refractivity contribution in [2.45, 2.75) is 18.1 Å². The molecule has 1 aromatic heterocycles. The number of aromatic nitrogens is 2. The molecule has 0 radical (unpaired) electrons. The van der Waals surface area contributed by atoms with Crippen LogP contribution in [0.5, 0.6) is 0 Å². The number of carbonyl (C=O) groups is 1. The zero-order chi connectivity index (χ0) is 21.6. The molecule has 0 saturated carbocycles. The molecule has 0 spiro atoms. The van der Waals surface area contributed by atoms with Gasteiger partial charge in [0, 0.05) is 68.1 Å². The fraction of sp³-hybridized carbons (Fsp3) is 0.333. The smallest absolute Gasteiger partial charge is 0.251 e. The number of nitrogens with zero attached hydrogens (tertiary/aromatic N) is 4. The maximum Gasteiger partial charge on any atom is 0.251 e. The monoisotopic (exact) mass is 435 g/mol. The van der Waals surface area contributed by atoms with Gasteiger partial charge in [-0.1, -0.05) is 30.0 Å². The topological polar surface area (TPSA) is 53.4 Å². The highest BCUT2D eigenvalue weighted by Crippen LogP contribution is 2.19. The van der Waals surface area contributed by atoms with Crippen LogP contribution in [-0.4, -0.2) is 65.4 Å². The van der Waals surface area contributed by atoms with E-state index in [9.17, 15) is 4.79 Å². The second-order valence-electron chi connectivity index (χ2n) is 7.75. The van der Waals surface area contributed by atoms with Crippen molar-refractivity contribution in [1.82, 2.24) is 19.8 Å². The van der Waals surface area contributed by atoms with Gasteiger partial charge in [-0.3, -0.25) is 14.3 Å². The minimum atomic E-state index is -0.0305. The number of nitrogens with one attached hydrogen (secondary N) is 1. The summed E-state index contributed by atoms with van der Waals surface area (Å²) in [7, 11) is 0. The van der Waals surface area contributed by atoms with E-state index in [1.807, 2.05) is 41.3 Å². The standard InChI is InChI=1S/C24H29N5OS/c1-19(27-14-16-28(17-15-27)21-6-4-3-5-7-21)18-26-23(30)20-8-10-22(11-9-20)29-13-12-25-24(29)31-2/h3-13,19H,14-18H2,1-2H3,(H,26,30). The highest BCUT2D eigenvalue weighted by molar-refractivity contribution is 7.98. The van der Waals surface area contributed by atoms with Gasteiger partial charge in [0.1, 0.15) is 0 Å². The van der Waals surface area contributed by atoms with Gasteiger partial charge in [0.2, 0.25) is 0 Å². The molecule has 1 aliphatic rings. The van der Waals surface area contributed by atoms with E-state index < -0.39 is 0 Å². The molecule has 1 amide bonds. The van der Waals surface area contributed by atoms with Gasteiger partial charge >= 0.3 is 0 Å². The Bertz CT molecular complexity index is 981. The van der Waals surface area contributed by atoms with Crippen molar-refractivity contribution in [2.24, 2.45) is 0 Å². The van der Waals surface area contributed by atoms with Crippen LogP contribution in [0.3, 0.4) is 0 Å². The van der Waals surface area contributed by atoms with Crippen LogP contribution >= 0.6 is 11.8 Å². The highest BCUT2D eigenvalue weighted by Gasteiger charge is 2.21. The number of hydrogen-bond acceptors (Lipinski definition) is 5. The Morgan fingerprint density at radius 3 is 2.42 bits per heavy atom. The molecule has 1 N–H and O–H groups in total. The van der Waals surface area contributed by atoms with Crippen molar-refractivity contribution in [2.75, 3.05) is 43.9 Å². The number of hydrogen-bond donors (Lipinski definition) is 1. The Kier molecular flexibility index (Phi) is 6.94. The number of amides is 1. The average Bonchev–Trinajstić information content (AvgIpc) is 3.32. The second-order valence-corrected chi connectivity index (χ2v) is 8.52. The van der Waals surface area contributed by atoms with Crippen LogP contribution in [0.15, 0.2) is 72.1 Å². The Labute approximate surface area is 188 Å². The minimum absolute atomic E-state index is 0.0305. The summed E-state index contributed by atoms with van der Waals surface area (Å²) in [6.45, 7) is 6.85. The molecule has 1 fully saturated rings. The normalized spacial score (nSPS) is 15.6. The van der Waals surface area contributed by atoms with Crippen molar-refractivity contribution < 1.29 is 4.79 Å². The molecule has 0 aliphatic carbocycles. The molecular formula is C24H29N5OS. The predicted molar refractivity (Wildman–Crippen MR) is 127 cm³/mol. The molecule has 31 heavy (non-hydrogen) atoms. The molecule has 2 aromatic carbocycles. The lowest BCUT2D eigenvalue weighted by Crippen LogP contribution is -2.52. The molecule has 1 atom stereocenters. The maximum absolute atomic E-state index is 12.6. The molecular weight excluding hydrogens is 406 g/mol. The Hall–Kier alpha value is -2.77. The Morgan fingerprint density at radius 1 is 1.03 bits per heavy atom. The van der Waals surface area contributed by atoms with Crippen molar-refractivity contribution in [3.8, 4) is 5.69 Å². The van der Waals surface area contributed by atoms with E-state index >= 15 is 0 Å². The third-order valence-corrected chi connectivity index (χ3v) is 6.48. The van der Waals surface area contributed by atoms with Gasteiger partial charge in [0.15, 0.2) is 5.16 Å². The number of thioether (sulfide) groups is 1. The zero-order valence-electron chi connectivity index (χ0n) is 18.1. The lowest BCUT2D eigenvalue weighted by Gasteiger charge is -2.39. The van der Waals surface area contributed by atoms with Crippen LogP contribution in [0, 0.1) is 0 Å². The van der Waals surface area contributed by atoms with Crippen LogP contribution in [0.25, 0.3) is 5.69 Å². The number of imidazole rings is 1. The fourth-order valence-corrected chi connectivity index (χ4v) is 4.47. The molecule has 1 unspecified atom stereocenters. The molecule has 162 valence electrons. The maximum atomic E-state index is 12.6. The first-order chi connectivity index (χ1) is 15.2. The van der Waals surface area contributed by atoms with Crippen molar-refractivity contribution in [1.29, 1.82) is 0 Å². The molecule has 0 bridgehead atoms. The Morgan fingerprint density at radius 2 is 1.74 bits per heavy atom. The molecule has 7 heteroatoms. The lowest BCUT2D eigenvalue weighted by atomic mass is 10.1. The van der Waals surface area contributed by atoms with E-state index in [4.69, 9.17) is 0 Å². The third-order valence-electron chi connectivity index (χ3n) is 5.81. The van der Waals surface area contributed by atoms with Crippen molar-refractivity contribution >= 4 is 23.4 Å². The minimum Gasteiger partial charge on any atom is -0.369 e. The Balaban J connectivity index is 1.27. The lowest BCUT2D eigenvalue weighted by molar-refractivity contribution is 0.0934. The highest BCUT2D eigenvalue weighted by atomic mass is 32.2. The molecule has 1 aliphatic heterocycles. The van der Waals surface area contributed by atoms with Crippen LogP contribution in [0.4, 0.5) is 5.69 Å². The van der Waals surface area contributed by atoms with E-state index in [1.54, 1.807) is 18.0 Å². The summed E-state index contributed by atoms with van der Waals surface area (Å²) < 4.78 is 2.02. The van der Waals surface area contributed by atoms with Crippen molar-refractivity contribution in [3.05, 3.63) is 72.6 Å². The summed E-state index contributed by atoms with van der Waals surface area (Å²) in [6.07, 6.45) is 5.72. The molecule has 2 heterocycles. The van der Waals surface area contributed by atoms with E-state index in [0.29, 0.717) is 18.2 Å². The zero-order valence-corrected chi connectivity index (χ0v) is 18.9. The first-order valence-electron chi connectivity index (χ1n) is 10.7. The molecule has 1 saturated heterocycles. The summed E-state index contributed by atoms with van der Waals surface area (Å²) in [5.74, 6) is -0.0305. The van der Waals surface area contributed by atoms with E-state index in [1.165, 1.54) is 5.69 Å². The van der Waals surface area contributed by atoms with E-state index in [-0.39, 0.29) is 5.91 Å². The van der Waals surface area contributed by atoms with Crippen LogP contribution in [-0.2, 0) is 0 Å². The number of para-hydroxylation sites is 1. The number of carbonyl (C=O) groups excluding carboxylic acids is 1. The quantitative estimate of drug-likeness (QED) is 0.576. The van der Waals surface area contributed by atoms with E-state index in [0.717, 1.165) is 37.0 Å². The summed E-state index contributed by atoms with van der Waals surface area (Å²) in [5.41, 5.74) is 2.96. The van der Waals surface area contributed by atoms with Gasteiger partial charge in [0.05, 0.1) is 0 Å². The summed E-state index contributed by atoms with van der Waals surface area (Å²) in [6, 6.07) is 18.5. The van der Waals surface area contributed by atoms with Crippen LogP contribution < -0.4 is 10.2 Å². The SMILES string of the molecule is CSc1nccn1-c1ccc(C(=O)NCC(C)N2CCN(c3ccccc3)CC2)cc1. The summed E-state index contributed by atoms with van der Waals surface area (Å²) in [5, 5.41) is 4.03. The van der Waals surface area contributed by atoms with Gasteiger partial charge in [-0.25, -0.2) is 4.98 Å². The molecule has 3 aromatic rings. The first-order valence-corrected chi connectivity index (χ1v) is 11.9. The average molecular weight is 436 g/mol. The molecule has 6 nitrogen and oxygen atoms in total. The van der Waals surface area contributed by atoms with Gasteiger partial charge in [-0.2, -0.15) is 0 Å². The number of benzene rings is 2. The van der Waals surface area contributed by atoms with Gasteiger partial charge in [-0.05, 0) is 49.6 Å². The van der Waals surface area contributed by atoms with Crippen LogP contribution in [0.1, 0.15) is 17.3 Å². The summed E-state index contributed by atoms with van der Waals surface area (Å²) in [4.78, 5) is 21.8. The van der Waals surface area contributed by atoms with Gasteiger partial charge in [0.25, 0.3) is 5.91 Å². The van der Waals surface area contributed by atoms with Crippen molar-refractivity contribution in [3.63, 3.8) is 0 Å². The number of rotatable bonds is 7. The number of piperazine rings is 1. The van der Waals surface area contributed by atoms with Gasteiger partial charge in [-0.15, -0.1) is 0 Å². The predicted octanol–water partition coefficient (Wildman–Crippen LogP) is 3.53. The second kappa shape index (κ2) is 10.0. The van der Waals surface area contributed by atoms with Gasteiger partial charge < -0.3 is 10.2 Å².